The minimum Gasteiger partial charge on any atom is -0.456 e. The van der Waals surface area contributed by atoms with E-state index in [0.717, 1.165) is 77.9 Å². The van der Waals surface area contributed by atoms with Gasteiger partial charge in [0.1, 0.15) is 11.2 Å². The minimum atomic E-state index is 0.687. The van der Waals surface area contributed by atoms with Crippen LogP contribution in [0, 0.1) is 0 Å². The SMILES string of the molecule is c1ccc(-c2nc(-c3cccc(-c4ccc5oc6ccccc6c5c4)c3)cc(-c3ccccc3-n3c4ccccc4c4ccccc43)n2)cc1. The lowest BCUT2D eigenvalue weighted by molar-refractivity contribution is 0.669. The Morgan fingerprint density at radius 2 is 0.980 bits per heavy atom. The number of hydrogen-bond donors (Lipinski definition) is 0. The van der Waals surface area contributed by atoms with Gasteiger partial charge in [-0.3, -0.25) is 0 Å². The highest BCUT2D eigenvalue weighted by Gasteiger charge is 2.18. The van der Waals surface area contributed by atoms with Crippen molar-refractivity contribution in [3.8, 4) is 50.7 Å². The molecular formula is C46H29N3O. The molecule has 3 aromatic heterocycles. The zero-order valence-corrected chi connectivity index (χ0v) is 27.0. The Morgan fingerprint density at radius 1 is 0.380 bits per heavy atom. The Balaban J connectivity index is 1.16. The maximum atomic E-state index is 6.11. The molecule has 0 saturated carbocycles. The molecule has 0 amide bonds. The zero-order chi connectivity index (χ0) is 33.0. The second kappa shape index (κ2) is 11.4. The van der Waals surface area contributed by atoms with Gasteiger partial charge in [-0.1, -0.05) is 127 Å². The number of furan rings is 1. The molecule has 10 rings (SSSR count). The molecule has 0 aliphatic heterocycles. The van der Waals surface area contributed by atoms with Crippen molar-refractivity contribution in [2.24, 2.45) is 0 Å². The molecule has 0 N–H and O–H groups in total. The van der Waals surface area contributed by atoms with E-state index in [0.29, 0.717) is 5.82 Å². The quantitative estimate of drug-likeness (QED) is 0.188. The van der Waals surface area contributed by atoms with Crippen LogP contribution in [0.3, 0.4) is 0 Å². The number of hydrogen-bond acceptors (Lipinski definition) is 3. The molecule has 4 heteroatoms. The Kier molecular flexibility index (Phi) is 6.46. The van der Waals surface area contributed by atoms with Gasteiger partial charge in [0.25, 0.3) is 0 Å². The van der Waals surface area contributed by atoms with Crippen molar-refractivity contribution < 1.29 is 4.42 Å². The standard InChI is InChI=1S/C46H29N3O/c1-2-13-30(14-3-1)46-47-39(33-16-12-15-31(27-33)32-25-26-45-38(28-32)36-19-7-11-24-44(36)50-45)29-40(48-46)37-20-6-10-23-43(37)49-41-21-8-4-17-34(41)35-18-5-9-22-42(35)49/h1-29H. The number of para-hydroxylation sites is 4. The first kappa shape index (κ1) is 28.3. The Bertz CT molecular complexity index is 2830. The first-order valence-electron chi connectivity index (χ1n) is 16.8. The third-order valence-electron chi connectivity index (χ3n) is 9.63. The molecule has 0 radical (unpaired) electrons. The van der Waals surface area contributed by atoms with E-state index in [4.69, 9.17) is 14.4 Å². The van der Waals surface area contributed by atoms with Crippen LogP contribution in [-0.2, 0) is 0 Å². The number of rotatable bonds is 5. The summed E-state index contributed by atoms with van der Waals surface area (Å²) in [5.74, 6) is 0.687. The van der Waals surface area contributed by atoms with Gasteiger partial charge in [-0.05, 0) is 59.7 Å². The van der Waals surface area contributed by atoms with Crippen molar-refractivity contribution in [1.29, 1.82) is 0 Å². The average Bonchev–Trinajstić information content (AvgIpc) is 3.73. The van der Waals surface area contributed by atoms with Crippen LogP contribution in [0.15, 0.2) is 180 Å². The van der Waals surface area contributed by atoms with Gasteiger partial charge in [0.15, 0.2) is 5.82 Å². The molecule has 4 nitrogen and oxygen atoms in total. The molecule has 0 aliphatic rings. The summed E-state index contributed by atoms with van der Waals surface area (Å²) in [6.07, 6.45) is 0. The predicted octanol–water partition coefficient (Wildman–Crippen LogP) is 12.1. The fourth-order valence-corrected chi connectivity index (χ4v) is 7.28. The van der Waals surface area contributed by atoms with Gasteiger partial charge in [-0.15, -0.1) is 0 Å². The predicted molar refractivity (Wildman–Crippen MR) is 205 cm³/mol. The molecule has 3 heterocycles. The molecule has 234 valence electrons. The first-order valence-corrected chi connectivity index (χ1v) is 16.8. The van der Waals surface area contributed by atoms with E-state index in [1.165, 1.54) is 10.8 Å². The molecule has 0 atom stereocenters. The lowest BCUT2D eigenvalue weighted by Crippen LogP contribution is -2.00. The highest BCUT2D eigenvalue weighted by molar-refractivity contribution is 6.10. The molecule has 0 bridgehead atoms. The summed E-state index contributed by atoms with van der Waals surface area (Å²) in [5.41, 5.74) is 12.2. The number of benzene rings is 7. The highest BCUT2D eigenvalue weighted by atomic mass is 16.3. The van der Waals surface area contributed by atoms with Crippen molar-refractivity contribution in [2.45, 2.75) is 0 Å². The third-order valence-corrected chi connectivity index (χ3v) is 9.63. The van der Waals surface area contributed by atoms with E-state index in [1.807, 2.05) is 30.3 Å². The third kappa shape index (κ3) is 4.61. The molecule has 50 heavy (non-hydrogen) atoms. The van der Waals surface area contributed by atoms with Crippen molar-refractivity contribution in [2.75, 3.05) is 0 Å². The van der Waals surface area contributed by atoms with Gasteiger partial charge >= 0.3 is 0 Å². The Morgan fingerprint density at radius 3 is 1.80 bits per heavy atom. The monoisotopic (exact) mass is 639 g/mol. The Labute approximate surface area is 288 Å². The first-order chi connectivity index (χ1) is 24.8. The smallest absolute Gasteiger partial charge is 0.160 e. The van der Waals surface area contributed by atoms with Crippen molar-refractivity contribution in [1.82, 2.24) is 14.5 Å². The van der Waals surface area contributed by atoms with E-state index in [1.54, 1.807) is 0 Å². The summed E-state index contributed by atoms with van der Waals surface area (Å²) in [5, 5.41) is 4.69. The normalized spacial score (nSPS) is 11.6. The fourth-order valence-electron chi connectivity index (χ4n) is 7.28. The topological polar surface area (TPSA) is 43.9 Å². The molecular weight excluding hydrogens is 611 g/mol. The highest BCUT2D eigenvalue weighted by Crippen LogP contribution is 2.38. The molecule has 0 unspecified atom stereocenters. The van der Waals surface area contributed by atoms with Crippen LogP contribution in [0.2, 0.25) is 0 Å². The molecule has 0 fully saturated rings. The van der Waals surface area contributed by atoms with Crippen molar-refractivity contribution in [3.05, 3.63) is 176 Å². The maximum absolute atomic E-state index is 6.11. The summed E-state index contributed by atoms with van der Waals surface area (Å²) in [7, 11) is 0. The van der Waals surface area contributed by atoms with Crippen LogP contribution >= 0.6 is 0 Å². The van der Waals surface area contributed by atoms with Gasteiger partial charge < -0.3 is 8.98 Å². The number of nitrogens with zero attached hydrogens (tertiary/aromatic N) is 3. The van der Waals surface area contributed by atoms with Crippen molar-refractivity contribution in [3.63, 3.8) is 0 Å². The molecule has 0 aliphatic carbocycles. The minimum absolute atomic E-state index is 0.687. The van der Waals surface area contributed by atoms with Gasteiger partial charge in [0.05, 0.1) is 28.1 Å². The number of aromatic nitrogens is 3. The lowest BCUT2D eigenvalue weighted by Gasteiger charge is -2.15. The van der Waals surface area contributed by atoms with Crippen LogP contribution in [0.4, 0.5) is 0 Å². The average molecular weight is 640 g/mol. The summed E-state index contributed by atoms with van der Waals surface area (Å²) in [6, 6.07) is 61.4. The molecule has 10 aromatic rings. The van der Waals surface area contributed by atoms with Crippen LogP contribution in [-0.4, -0.2) is 14.5 Å². The zero-order valence-electron chi connectivity index (χ0n) is 27.0. The van der Waals surface area contributed by atoms with E-state index in [2.05, 4.69) is 150 Å². The van der Waals surface area contributed by atoms with Crippen LogP contribution < -0.4 is 0 Å². The lowest BCUT2D eigenvalue weighted by atomic mass is 9.99. The fraction of sp³-hybridized carbons (Fsp3) is 0. The Hall–Kier alpha value is -6.78. The summed E-state index contributed by atoms with van der Waals surface area (Å²) >= 11 is 0. The van der Waals surface area contributed by atoms with E-state index in [-0.39, 0.29) is 0 Å². The summed E-state index contributed by atoms with van der Waals surface area (Å²) in [6.45, 7) is 0. The van der Waals surface area contributed by atoms with Crippen molar-refractivity contribution >= 4 is 43.7 Å². The van der Waals surface area contributed by atoms with E-state index >= 15 is 0 Å². The van der Waals surface area contributed by atoms with E-state index < -0.39 is 0 Å². The van der Waals surface area contributed by atoms with Gasteiger partial charge in [-0.2, -0.15) is 0 Å². The van der Waals surface area contributed by atoms with Gasteiger partial charge in [-0.25, -0.2) is 9.97 Å². The van der Waals surface area contributed by atoms with Gasteiger partial charge in [0.2, 0.25) is 0 Å². The van der Waals surface area contributed by atoms with Crippen LogP contribution in [0.5, 0.6) is 0 Å². The molecule has 7 aromatic carbocycles. The molecule has 0 spiro atoms. The summed E-state index contributed by atoms with van der Waals surface area (Å²) < 4.78 is 8.47. The largest absolute Gasteiger partial charge is 0.456 e. The second-order valence-electron chi connectivity index (χ2n) is 12.6. The summed E-state index contributed by atoms with van der Waals surface area (Å²) in [4.78, 5) is 10.4. The maximum Gasteiger partial charge on any atom is 0.160 e. The number of fused-ring (bicyclic) bond motifs is 6. The van der Waals surface area contributed by atoms with Gasteiger partial charge in [0, 0.05) is 38.2 Å². The second-order valence-corrected chi connectivity index (χ2v) is 12.6. The molecule has 0 saturated heterocycles. The van der Waals surface area contributed by atoms with Crippen LogP contribution in [0.25, 0.3) is 94.5 Å². The van der Waals surface area contributed by atoms with E-state index in [9.17, 15) is 0 Å². The van der Waals surface area contributed by atoms with Crippen LogP contribution in [0.1, 0.15) is 0 Å².